The van der Waals surface area contributed by atoms with Crippen molar-refractivity contribution in [1.82, 2.24) is 5.32 Å². The highest BCUT2D eigenvalue weighted by molar-refractivity contribution is 7.14. The second-order valence-corrected chi connectivity index (χ2v) is 6.82. The molecule has 1 atom stereocenters. The maximum Gasteiger partial charge on any atom is 0.305 e. The van der Waals surface area contributed by atoms with Crippen LogP contribution in [0.5, 0.6) is 0 Å². The van der Waals surface area contributed by atoms with E-state index in [0.29, 0.717) is 4.88 Å². The molecular formula is C15H21NO3S. The van der Waals surface area contributed by atoms with Crippen LogP contribution in [-0.2, 0) is 17.6 Å². The predicted molar refractivity (Wildman–Crippen MR) is 79.3 cm³/mol. The zero-order chi connectivity index (χ0) is 14.7. The van der Waals surface area contributed by atoms with Crippen molar-refractivity contribution >= 4 is 23.2 Å². The molecule has 0 saturated carbocycles. The smallest absolute Gasteiger partial charge is 0.305 e. The largest absolute Gasteiger partial charge is 0.481 e. The van der Waals surface area contributed by atoms with Crippen LogP contribution in [0.15, 0.2) is 6.07 Å². The fourth-order valence-corrected chi connectivity index (χ4v) is 3.64. The van der Waals surface area contributed by atoms with Gasteiger partial charge in [0.15, 0.2) is 0 Å². The third-order valence-electron chi connectivity index (χ3n) is 3.74. The average Bonchev–Trinajstić information content (AvgIpc) is 2.81. The first-order valence-electron chi connectivity index (χ1n) is 7.11. The normalized spacial score (nSPS) is 15.8. The molecule has 0 bridgehead atoms. The Labute approximate surface area is 123 Å². The monoisotopic (exact) mass is 295 g/mol. The van der Waals surface area contributed by atoms with E-state index in [1.54, 1.807) is 11.3 Å². The zero-order valence-corrected chi connectivity index (χ0v) is 12.8. The fraction of sp³-hybridized carbons (Fsp3) is 0.600. The van der Waals surface area contributed by atoms with Crippen molar-refractivity contribution in [2.45, 2.75) is 52.0 Å². The number of hydrogen-bond acceptors (Lipinski definition) is 3. The molecule has 0 aromatic carbocycles. The number of carbonyl (C=O) groups is 2. The molecule has 1 aliphatic carbocycles. The van der Waals surface area contributed by atoms with Gasteiger partial charge < -0.3 is 10.4 Å². The lowest BCUT2D eigenvalue weighted by Gasteiger charge is -2.20. The standard InChI is InChI=1S/C15H21NO3S/c1-9(2)11(8-14(17)18)16-15(19)13-7-10-5-3-4-6-12(10)20-13/h7,9,11H,3-6,8H2,1-2H3,(H,16,19)(H,17,18). The Balaban J connectivity index is 2.06. The zero-order valence-electron chi connectivity index (χ0n) is 11.9. The van der Waals surface area contributed by atoms with Gasteiger partial charge in [0, 0.05) is 10.9 Å². The van der Waals surface area contributed by atoms with Crippen molar-refractivity contribution < 1.29 is 14.7 Å². The molecule has 5 heteroatoms. The molecular weight excluding hydrogens is 274 g/mol. The van der Waals surface area contributed by atoms with Crippen LogP contribution in [0, 0.1) is 5.92 Å². The molecule has 1 aromatic heterocycles. The Morgan fingerprint density at radius 2 is 2.05 bits per heavy atom. The van der Waals surface area contributed by atoms with Gasteiger partial charge in [0.25, 0.3) is 5.91 Å². The molecule has 0 fully saturated rings. The van der Waals surface area contributed by atoms with Gasteiger partial charge >= 0.3 is 5.97 Å². The van der Waals surface area contributed by atoms with E-state index in [1.165, 1.54) is 23.3 Å². The molecule has 1 aromatic rings. The van der Waals surface area contributed by atoms with Gasteiger partial charge in [-0.15, -0.1) is 11.3 Å². The van der Waals surface area contributed by atoms with Gasteiger partial charge in [0.1, 0.15) is 0 Å². The van der Waals surface area contributed by atoms with E-state index in [0.717, 1.165) is 12.8 Å². The Bertz CT molecular complexity index is 484. The van der Waals surface area contributed by atoms with E-state index in [4.69, 9.17) is 5.11 Å². The molecule has 4 nitrogen and oxygen atoms in total. The minimum Gasteiger partial charge on any atom is -0.481 e. The molecule has 0 aliphatic heterocycles. The van der Waals surface area contributed by atoms with Crippen LogP contribution in [0.1, 0.15) is 53.2 Å². The van der Waals surface area contributed by atoms with Gasteiger partial charge in [0.2, 0.25) is 0 Å². The molecule has 1 unspecified atom stereocenters. The summed E-state index contributed by atoms with van der Waals surface area (Å²) in [5.74, 6) is -0.913. The summed E-state index contributed by atoms with van der Waals surface area (Å²) in [5, 5.41) is 11.8. The summed E-state index contributed by atoms with van der Waals surface area (Å²) in [7, 11) is 0. The van der Waals surface area contributed by atoms with Crippen molar-refractivity contribution in [2.75, 3.05) is 0 Å². The van der Waals surface area contributed by atoms with E-state index in [1.807, 2.05) is 19.9 Å². The molecule has 1 heterocycles. The van der Waals surface area contributed by atoms with Crippen LogP contribution in [0.3, 0.4) is 0 Å². The van der Waals surface area contributed by atoms with Crippen LogP contribution >= 0.6 is 11.3 Å². The Morgan fingerprint density at radius 3 is 2.65 bits per heavy atom. The summed E-state index contributed by atoms with van der Waals surface area (Å²) in [5.41, 5.74) is 1.30. The molecule has 1 aliphatic rings. The average molecular weight is 295 g/mol. The number of carboxylic acid groups (broad SMARTS) is 1. The van der Waals surface area contributed by atoms with Crippen LogP contribution in [0.25, 0.3) is 0 Å². The quantitative estimate of drug-likeness (QED) is 0.878. The molecule has 1 amide bonds. The van der Waals surface area contributed by atoms with Gasteiger partial charge in [-0.1, -0.05) is 13.8 Å². The lowest BCUT2D eigenvalue weighted by Crippen LogP contribution is -2.39. The van der Waals surface area contributed by atoms with Gasteiger partial charge in [-0.3, -0.25) is 9.59 Å². The van der Waals surface area contributed by atoms with E-state index < -0.39 is 5.97 Å². The lowest BCUT2D eigenvalue weighted by molar-refractivity contribution is -0.137. The van der Waals surface area contributed by atoms with Crippen LogP contribution in [-0.4, -0.2) is 23.0 Å². The van der Waals surface area contributed by atoms with Crippen molar-refractivity contribution in [2.24, 2.45) is 5.92 Å². The van der Waals surface area contributed by atoms with E-state index in [9.17, 15) is 9.59 Å². The van der Waals surface area contributed by atoms with Crippen molar-refractivity contribution in [3.8, 4) is 0 Å². The molecule has 110 valence electrons. The van der Waals surface area contributed by atoms with Gasteiger partial charge in [0.05, 0.1) is 11.3 Å². The van der Waals surface area contributed by atoms with E-state index in [-0.39, 0.29) is 24.3 Å². The number of aliphatic carboxylic acids is 1. The second-order valence-electron chi connectivity index (χ2n) is 5.69. The number of amides is 1. The van der Waals surface area contributed by atoms with Crippen molar-refractivity contribution in [3.05, 3.63) is 21.4 Å². The van der Waals surface area contributed by atoms with Gasteiger partial charge in [-0.05, 0) is 43.2 Å². The highest BCUT2D eigenvalue weighted by atomic mass is 32.1. The molecule has 0 saturated heterocycles. The molecule has 2 rings (SSSR count). The maximum atomic E-state index is 12.3. The maximum absolute atomic E-state index is 12.3. The first-order chi connectivity index (χ1) is 9.47. The predicted octanol–water partition coefficient (Wildman–Crippen LogP) is 2.86. The topological polar surface area (TPSA) is 66.4 Å². The first kappa shape index (κ1) is 15.0. The first-order valence-corrected chi connectivity index (χ1v) is 7.93. The number of rotatable bonds is 5. The molecule has 0 radical (unpaired) electrons. The molecule has 20 heavy (non-hydrogen) atoms. The minimum atomic E-state index is -0.880. The van der Waals surface area contributed by atoms with Crippen LogP contribution in [0.2, 0.25) is 0 Å². The third-order valence-corrected chi connectivity index (χ3v) is 4.97. The van der Waals surface area contributed by atoms with Crippen LogP contribution in [0.4, 0.5) is 0 Å². The van der Waals surface area contributed by atoms with Gasteiger partial charge in [-0.2, -0.15) is 0 Å². The minimum absolute atomic E-state index is 0.0332. The SMILES string of the molecule is CC(C)C(CC(=O)O)NC(=O)c1cc2c(s1)CCCC2. The molecule has 2 N–H and O–H groups in total. The Kier molecular flexibility index (Phi) is 4.81. The number of fused-ring (bicyclic) bond motifs is 1. The summed E-state index contributed by atoms with van der Waals surface area (Å²) in [6.45, 7) is 3.85. The van der Waals surface area contributed by atoms with Crippen molar-refractivity contribution in [3.63, 3.8) is 0 Å². The molecule has 0 spiro atoms. The fourth-order valence-electron chi connectivity index (χ4n) is 2.48. The van der Waals surface area contributed by atoms with Crippen LogP contribution < -0.4 is 5.32 Å². The third kappa shape index (κ3) is 3.60. The summed E-state index contributed by atoms with van der Waals surface area (Å²) in [6.07, 6.45) is 4.48. The number of thiophene rings is 1. The Morgan fingerprint density at radius 1 is 1.35 bits per heavy atom. The van der Waals surface area contributed by atoms with Crippen molar-refractivity contribution in [1.29, 1.82) is 0 Å². The van der Waals surface area contributed by atoms with E-state index in [2.05, 4.69) is 5.32 Å². The lowest BCUT2D eigenvalue weighted by atomic mass is 9.99. The Hall–Kier alpha value is -1.36. The summed E-state index contributed by atoms with van der Waals surface area (Å²) < 4.78 is 0. The number of aryl methyl sites for hydroxylation is 2. The van der Waals surface area contributed by atoms with Gasteiger partial charge in [-0.25, -0.2) is 0 Å². The summed E-state index contributed by atoms with van der Waals surface area (Å²) >= 11 is 1.56. The number of hydrogen-bond donors (Lipinski definition) is 2. The number of nitrogens with one attached hydrogen (secondary N) is 1. The van der Waals surface area contributed by atoms with E-state index >= 15 is 0 Å². The second kappa shape index (κ2) is 6.39. The highest BCUT2D eigenvalue weighted by Gasteiger charge is 2.22. The highest BCUT2D eigenvalue weighted by Crippen LogP contribution is 2.29. The summed E-state index contributed by atoms with van der Waals surface area (Å²) in [4.78, 5) is 25.1. The number of carbonyl (C=O) groups excluding carboxylic acids is 1. The number of carboxylic acids is 1. The summed E-state index contributed by atoms with van der Waals surface area (Å²) in [6, 6.07) is 1.66.